The summed E-state index contributed by atoms with van der Waals surface area (Å²) in [5.41, 5.74) is 1.97. The van der Waals surface area contributed by atoms with E-state index in [4.69, 9.17) is 0 Å². The van der Waals surface area contributed by atoms with E-state index in [0.29, 0.717) is 17.5 Å². The van der Waals surface area contributed by atoms with Crippen molar-refractivity contribution in [2.24, 2.45) is 0 Å². The maximum absolute atomic E-state index is 12.6. The first-order chi connectivity index (χ1) is 12.7. The smallest absolute Gasteiger partial charge is 0.264 e. The Hall–Kier alpha value is -2.70. The van der Waals surface area contributed by atoms with Crippen LogP contribution in [0.2, 0.25) is 0 Å². The fourth-order valence-corrected chi connectivity index (χ4v) is 3.45. The zero-order valence-corrected chi connectivity index (χ0v) is 15.5. The van der Waals surface area contributed by atoms with Crippen LogP contribution in [0.1, 0.15) is 40.7 Å². The number of carbonyl (C=O) groups excluding carboxylic acids is 3. The molecule has 0 spiro atoms. The number of nitrogens with one attached hydrogen (secondary N) is 1. The van der Waals surface area contributed by atoms with E-state index >= 15 is 0 Å². The lowest BCUT2D eigenvalue weighted by Crippen LogP contribution is -2.52. The van der Waals surface area contributed by atoms with Crippen LogP contribution in [-0.2, 0) is 30.4 Å². The van der Waals surface area contributed by atoms with Crippen molar-refractivity contribution in [1.82, 2.24) is 10.2 Å². The number of piperidine rings is 1. The quantitative estimate of drug-likeness (QED) is 0.340. The van der Waals surface area contributed by atoms with Gasteiger partial charge < -0.3 is 4.90 Å². The first-order valence-electron chi connectivity index (χ1n) is 8.35. The summed E-state index contributed by atoms with van der Waals surface area (Å²) >= 11 is 0. The van der Waals surface area contributed by atoms with Crippen molar-refractivity contribution < 1.29 is 27.0 Å². The Kier molecular flexibility index (Phi) is 5.30. The predicted molar refractivity (Wildman–Crippen MR) is 94.8 cm³/mol. The highest BCUT2D eigenvalue weighted by atomic mass is 32.2. The molecule has 1 aromatic rings. The zero-order chi connectivity index (χ0) is 19.6. The number of rotatable bonds is 4. The average Bonchev–Trinajstić information content (AvgIpc) is 2.90. The third-order valence-corrected chi connectivity index (χ3v) is 4.88. The summed E-state index contributed by atoms with van der Waals surface area (Å²) < 4.78 is 26.4. The zero-order valence-electron chi connectivity index (χ0n) is 14.6. The number of carbonyl (C=O) groups is 3. The Bertz CT molecular complexity index is 973. The second kappa shape index (κ2) is 7.50. The van der Waals surface area contributed by atoms with Gasteiger partial charge in [0.25, 0.3) is 16.0 Å². The van der Waals surface area contributed by atoms with E-state index in [9.17, 15) is 22.8 Å². The number of imide groups is 1. The van der Waals surface area contributed by atoms with Gasteiger partial charge in [-0.3, -0.25) is 23.9 Å². The molecular formula is C18H18N2O6S. The summed E-state index contributed by atoms with van der Waals surface area (Å²) in [5, 5.41) is 2.27. The SMILES string of the molecule is CS(=O)(=O)OCCC#Cc1ccc2c(c1)CN(C1CCC(=O)NC1=O)C2=O. The van der Waals surface area contributed by atoms with Crippen molar-refractivity contribution in [3.05, 3.63) is 34.9 Å². The van der Waals surface area contributed by atoms with Gasteiger partial charge in [0.1, 0.15) is 6.04 Å². The monoisotopic (exact) mass is 390 g/mol. The lowest BCUT2D eigenvalue weighted by Gasteiger charge is -2.29. The van der Waals surface area contributed by atoms with Crippen LogP contribution in [-0.4, -0.2) is 49.9 Å². The molecule has 8 nitrogen and oxygen atoms in total. The first kappa shape index (κ1) is 19.1. The number of nitrogens with zero attached hydrogens (tertiary/aromatic N) is 1. The molecule has 1 aromatic carbocycles. The summed E-state index contributed by atoms with van der Waals surface area (Å²) in [7, 11) is -3.47. The summed E-state index contributed by atoms with van der Waals surface area (Å²) in [6.45, 7) is 0.270. The molecule has 9 heteroatoms. The Morgan fingerprint density at radius 2 is 2.07 bits per heavy atom. The molecule has 1 saturated heterocycles. The minimum Gasteiger partial charge on any atom is -0.322 e. The summed E-state index contributed by atoms with van der Waals surface area (Å²) in [4.78, 5) is 37.4. The molecule has 1 N–H and O–H groups in total. The molecule has 1 fully saturated rings. The van der Waals surface area contributed by atoms with E-state index in [0.717, 1.165) is 11.8 Å². The molecule has 0 aromatic heterocycles. The number of hydrogen-bond acceptors (Lipinski definition) is 6. The fourth-order valence-electron chi connectivity index (χ4n) is 3.06. The molecule has 1 unspecified atom stereocenters. The highest BCUT2D eigenvalue weighted by Gasteiger charge is 2.38. The molecular weight excluding hydrogens is 372 g/mol. The summed E-state index contributed by atoms with van der Waals surface area (Å²) in [6, 6.07) is 4.50. The molecule has 2 heterocycles. The third kappa shape index (κ3) is 4.53. The molecule has 0 radical (unpaired) electrons. The third-order valence-electron chi connectivity index (χ3n) is 4.28. The predicted octanol–water partition coefficient (Wildman–Crippen LogP) is 0.165. The lowest BCUT2D eigenvalue weighted by molar-refractivity contribution is -0.136. The molecule has 1 atom stereocenters. The van der Waals surface area contributed by atoms with Crippen molar-refractivity contribution in [2.75, 3.05) is 12.9 Å². The normalized spacial score (nSPS) is 19.4. The maximum atomic E-state index is 12.6. The summed E-state index contributed by atoms with van der Waals surface area (Å²) in [6.07, 6.45) is 1.76. The minimum absolute atomic E-state index is 0.0153. The van der Waals surface area contributed by atoms with E-state index in [1.165, 1.54) is 4.90 Å². The highest BCUT2D eigenvalue weighted by Crippen LogP contribution is 2.28. The van der Waals surface area contributed by atoms with Gasteiger partial charge in [0.15, 0.2) is 0 Å². The largest absolute Gasteiger partial charge is 0.322 e. The van der Waals surface area contributed by atoms with E-state index < -0.39 is 22.1 Å². The van der Waals surface area contributed by atoms with Crippen LogP contribution in [0.25, 0.3) is 0 Å². The number of amides is 3. The van der Waals surface area contributed by atoms with Gasteiger partial charge in [0.05, 0.1) is 12.9 Å². The second-order valence-electron chi connectivity index (χ2n) is 6.35. The Balaban J connectivity index is 1.67. The molecule has 3 rings (SSSR count). The van der Waals surface area contributed by atoms with E-state index in [1.54, 1.807) is 18.2 Å². The van der Waals surface area contributed by atoms with Gasteiger partial charge in [-0.25, -0.2) is 0 Å². The van der Waals surface area contributed by atoms with Crippen LogP contribution in [0, 0.1) is 11.8 Å². The standard InChI is InChI=1S/C18H18N2O6S/c1-27(24,25)26-9-3-2-4-12-5-6-14-13(10-12)11-20(18(14)23)15-7-8-16(21)19-17(15)22/h5-6,10,15H,3,7-9,11H2,1H3,(H,19,21,22). The van der Waals surface area contributed by atoms with Crippen molar-refractivity contribution in [3.8, 4) is 11.8 Å². The highest BCUT2D eigenvalue weighted by molar-refractivity contribution is 7.85. The molecule has 2 aliphatic heterocycles. The van der Waals surface area contributed by atoms with E-state index in [1.807, 2.05) is 0 Å². The number of fused-ring (bicyclic) bond motifs is 1. The lowest BCUT2D eigenvalue weighted by atomic mass is 10.0. The number of hydrogen-bond donors (Lipinski definition) is 1. The molecule has 27 heavy (non-hydrogen) atoms. The van der Waals surface area contributed by atoms with Crippen molar-refractivity contribution in [3.63, 3.8) is 0 Å². The van der Waals surface area contributed by atoms with E-state index in [2.05, 4.69) is 21.3 Å². The van der Waals surface area contributed by atoms with Crippen molar-refractivity contribution in [1.29, 1.82) is 0 Å². The number of benzene rings is 1. The van der Waals surface area contributed by atoms with E-state index in [-0.39, 0.29) is 37.8 Å². The van der Waals surface area contributed by atoms with Gasteiger partial charge in [0, 0.05) is 30.5 Å². The molecule has 0 bridgehead atoms. The average molecular weight is 390 g/mol. The van der Waals surface area contributed by atoms with Gasteiger partial charge in [-0.05, 0) is 30.2 Å². The van der Waals surface area contributed by atoms with Crippen LogP contribution in [0.15, 0.2) is 18.2 Å². The Labute approximate surface area is 157 Å². The molecule has 142 valence electrons. The second-order valence-corrected chi connectivity index (χ2v) is 7.99. The van der Waals surface area contributed by atoms with Gasteiger partial charge in [-0.15, -0.1) is 0 Å². The van der Waals surface area contributed by atoms with Gasteiger partial charge in [0.2, 0.25) is 11.8 Å². The van der Waals surface area contributed by atoms with Crippen LogP contribution in [0.3, 0.4) is 0 Å². The molecule has 3 amide bonds. The molecule has 0 saturated carbocycles. The molecule has 2 aliphatic rings. The van der Waals surface area contributed by atoms with Crippen LogP contribution >= 0.6 is 0 Å². The van der Waals surface area contributed by atoms with Crippen LogP contribution in [0.4, 0.5) is 0 Å². The first-order valence-corrected chi connectivity index (χ1v) is 10.2. The maximum Gasteiger partial charge on any atom is 0.264 e. The topological polar surface area (TPSA) is 110 Å². The molecule has 0 aliphatic carbocycles. The van der Waals surface area contributed by atoms with Gasteiger partial charge >= 0.3 is 0 Å². The fraction of sp³-hybridized carbons (Fsp3) is 0.389. The Morgan fingerprint density at radius 1 is 1.30 bits per heavy atom. The summed E-state index contributed by atoms with van der Waals surface area (Å²) in [5.74, 6) is 4.73. The van der Waals surface area contributed by atoms with Gasteiger partial charge in [-0.2, -0.15) is 8.42 Å². The van der Waals surface area contributed by atoms with Gasteiger partial charge in [-0.1, -0.05) is 11.8 Å². The van der Waals surface area contributed by atoms with Crippen LogP contribution < -0.4 is 5.32 Å². The van der Waals surface area contributed by atoms with Crippen LogP contribution in [0.5, 0.6) is 0 Å². The van der Waals surface area contributed by atoms with Crippen molar-refractivity contribution >= 4 is 27.8 Å². The van der Waals surface area contributed by atoms with Crippen molar-refractivity contribution in [2.45, 2.75) is 31.8 Å². The Morgan fingerprint density at radius 3 is 2.78 bits per heavy atom. The minimum atomic E-state index is -3.47.